The SMILES string of the molecule is COC(=O)c1c(NC(=S)N2CCN(Cc3ccc(F)cc3)CC2)sc(C)c1C. The minimum Gasteiger partial charge on any atom is -0.465 e. The van der Waals surface area contributed by atoms with E-state index < -0.39 is 0 Å². The van der Waals surface area contributed by atoms with Crippen LogP contribution in [0.2, 0.25) is 0 Å². The van der Waals surface area contributed by atoms with Crippen LogP contribution in [0, 0.1) is 19.7 Å². The van der Waals surface area contributed by atoms with Crippen molar-refractivity contribution in [1.29, 1.82) is 0 Å². The van der Waals surface area contributed by atoms with Gasteiger partial charge in [-0.05, 0) is 49.3 Å². The number of carbonyl (C=O) groups excluding carboxylic acids is 1. The number of halogens is 1. The number of esters is 1. The predicted octanol–water partition coefficient (Wildman–Crippen LogP) is 3.81. The number of nitrogens with zero attached hydrogens (tertiary/aromatic N) is 2. The summed E-state index contributed by atoms with van der Waals surface area (Å²) in [6.45, 7) is 8.02. The molecular weight excluding hydrogens is 397 g/mol. The fourth-order valence-electron chi connectivity index (χ4n) is 3.20. The number of rotatable bonds is 4. The van der Waals surface area contributed by atoms with Gasteiger partial charge in [-0.2, -0.15) is 0 Å². The van der Waals surface area contributed by atoms with E-state index in [2.05, 4.69) is 15.1 Å². The molecule has 1 aromatic carbocycles. The zero-order valence-corrected chi connectivity index (χ0v) is 17.9. The number of hydrogen-bond acceptors (Lipinski definition) is 5. The molecule has 3 rings (SSSR count). The van der Waals surface area contributed by atoms with E-state index in [-0.39, 0.29) is 11.8 Å². The average Bonchev–Trinajstić information content (AvgIpc) is 2.97. The number of ether oxygens (including phenoxy) is 1. The summed E-state index contributed by atoms with van der Waals surface area (Å²) in [5.41, 5.74) is 2.58. The molecule has 1 aliphatic rings. The van der Waals surface area contributed by atoms with E-state index in [0.717, 1.165) is 53.7 Å². The molecule has 1 fully saturated rings. The van der Waals surface area contributed by atoms with E-state index in [1.54, 1.807) is 0 Å². The number of methoxy groups -OCH3 is 1. The van der Waals surface area contributed by atoms with Crippen molar-refractivity contribution in [3.8, 4) is 0 Å². The van der Waals surface area contributed by atoms with E-state index >= 15 is 0 Å². The minimum atomic E-state index is -0.351. The molecular formula is C20H24FN3O2S2. The van der Waals surface area contributed by atoms with E-state index in [1.807, 2.05) is 26.0 Å². The van der Waals surface area contributed by atoms with Gasteiger partial charge in [0, 0.05) is 37.6 Å². The Morgan fingerprint density at radius 2 is 1.86 bits per heavy atom. The number of aryl methyl sites for hydroxylation is 1. The third-order valence-electron chi connectivity index (χ3n) is 4.97. The van der Waals surface area contributed by atoms with Crippen LogP contribution in [0.5, 0.6) is 0 Å². The standard InChI is InChI=1S/C20H24FN3O2S2/c1-13-14(2)28-18(17(13)19(25)26-3)22-20(27)24-10-8-23(9-11-24)12-15-4-6-16(21)7-5-15/h4-7H,8-12H2,1-3H3,(H,22,27). The first kappa shape index (κ1) is 20.7. The van der Waals surface area contributed by atoms with Gasteiger partial charge in [-0.15, -0.1) is 11.3 Å². The summed E-state index contributed by atoms with van der Waals surface area (Å²) in [6, 6.07) is 6.64. The number of thiocarbonyl (C=S) groups is 1. The van der Waals surface area contributed by atoms with Crippen LogP contribution in [-0.2, 0) is 11.3 Å². The van der Waals surface area contributed by atoms with Gasteiger partial charge in [0.05, 0.1) is 12.7 Å². The van der Waals surface area contributed by atoms with Crippen molar-refractivity contribution in [2.45, 2.75) is 20.4 Å². The molecule has 0 saturated carbocycles. The lowest BCUT2D eigenvalue weighted by Crippen LogP contribution is -2.49. The Kier molecular flexibility index (Phi) is 6.64. The largest absolute Gasteiger partial charge is 0.465 e. The molecule has 1 saturated heterocycles. The molecule has 0 amide bonds. The van der Waals surface area contributed by atoms with Gasteiger partial charge in [0.15, 0.2) is 5.11 Å². The van der Waals surface area contributed by atoms with E-state index in [1.165, 1.54) is 30.6 Å². The lowest BCUT2D eigenvalue weighted by Gasteiger charge is -2.36. The second-order valence-electron chi connectivity index (χ2n) is 6.80. The smallest absolute Gasteiger partial charge is 0.341 e. The maximum absolute atomic E-state index is 13.0. The van der Waals surface area contributed by atoms with Crippen molar-refractivity contribution >= 4 is 39.6 Å². The molecule has 0 unspecified atom stereocenters. The van der Waals surface area contributed by atoms with Gasteiger partial charge in [0.25, 0.3) is 0 Å². The lowest BCUT2D eigenvalue weighted by molar-refractivity contribution is 0.0601. The fraction of sp³-hybridized carbons (Fsp3) is 0.400. The minimum absolute atomic E-state index is 0.213. The number of anilines is 1. The summed E-state index contributed by atoms with van der Waals surface area (Å²) in [5.74, 6) is -0.563. The zero-order chi connectivity index (χ0) is 20.3. The van der Waals surface area contributed by atoms with Crippen molar-refractivity contribution in [2.75, 3.05) is 38.6 Å². The second kappa shape index (κ2) is 8.98. The quantitative estimate of drug-likeness (QED) is 0.598. The molecule has 28 heavy (non-hydrogen) atoms. The van der Waals surface area contributed by atoms with Crippen LogP contribution in [0.1, 0.15) is 26.4 Å². The summed E-state index contributed by atoms with van der Waals surface area (Å²) in [5, 5.41) is 4.60. The molecule has 150 valence electrons. The van der Waals surface area contributed by atoms with Crippen molar-refractivity contribution in [3.63, 3.8) is 0 Å². The Morgan fingerprint density at radius 3 is 2.46 bits per heavy atom. The third-order valence-corrected chi connectivity index (χ3v) is 6.46. The van der Waals surface area contributed by atoms with E-state index in [4.69, 9.17) is 17.0 Å². The first-order valence-electron chi connectivity index (χ1n) is 9.10. The van der Waals surface area contributed by atoms with Crippen LogP contribution in [0.25, 0.3) is 0 Å². The zero-order valence-electron chi connectivity index (χ0n) is 16.3. The molecule has 0 spiro atoms. The van der Waals surface area contributed by atoms with Crippen molar-refractivity contribution in [1.82, 2.24) is 9.80 Å². The molecule has 0 aliphatic carbocycles. The Bertz CT molecular complexity index is 859. The van der Waals surface area contributed by atoms with E-state index in [9.17, 15) is 9.18 Å². The Labute approximate surface area is 174 Å². The Morgan fingerprint density at radius 1 is 1.21 bits per heavy atom. The maximum atomic E-state index is 13.0. The Balaban J connectivity index is 1.58. The summed E-state index contributed by atoms with van der Waals surface area (Å²) < 4.78 is 18.0. The first-order valence-corrected chi connectivity index (χ1v) is 10.3. The summed E-state index contributed by atoms with van der Waals surface area (Å²) in [6.07, 6.45) is 0. The maximum Gasteiger partial charge on any atom is 0.341 e. The number of nitrogens with one attached hydrogen (secondary N) is 1. The van der Waals surface area contributed by atoms with Gasteiger partial charge >= 0.3 is 5.97 Å². The highest BCUT2D eigenvalue weighted by molar-refractivity contribution is 7.80. The molecule has 0 bridgehead atoms. The number of carbonyl (C=O) groups is 1. The second-order valence-corrected chi connectivity index (χ2v) is 8.41. The van der Waals surface area contributed by atoms with Gasteiger partial charge < -0.3 is 15.0 Å². The van der Waals surface area contributed by atoms with Crippen molar-refractivity contribution in [3.05, 3.63) is 51.7 Å². The first-order chi connectivity index (χ1) is 13.4. The third kappa shape index (κ3) is 4.68. The van der Waals surface area contributed by atoms with Crippen molar-refractivity contribution in [2.24, 2.45) is 0 Å². The molecule has 2 heterocycles. The van der Waals surface area contributed by atoms with Gasteiger partial charge in [-0.1, -0.05) is 12.1 Å². The predicted molar refractivity (Wildman–Crippen MR) is 115 cm³/mol. The molecule has 1 aromatic heterocycles. The van der Waals surface area contributed by atoms with Gasteiger partial charge in [-0.3, -0.25) is 4.90 Å². The summed E-state index contributed by atoms with van der Waals surface area (Å²) in [7, 11) is 1.39. The molecule has 5 nitrogen and oxygen atoms in total. The highest BCUT2D eigenvalue weighted by atomic mass is 32.1. The van der Waals surface area contributed by atoms with E-state index in [0.29, 0.717) is 10.7 Å². The van der Waals surface area contributed by atoms with Crippen LogP contribution >= 0.6 is 23.6 Å². The highest BCUT2D eigenvalue weighted by Crippen LogP contribution is 2.33. The van der Waals surface area contributed by atoms with Crippen molar-refractivity contribution < 1.29 is 13.9 Å². The topological polar surface area (TPSA) is 44.8 Å². The van der Waals surface area contributed by atoms with Gasteiger partial charge in [0.2, 0.25) is 0 Å². The van der Waals surface area contributed by atoms with Crippen LogP contribution in [0.4, 0.5) is 9.39 Å². The molecule has 0 atom stereocenters. The van der Waals surface area contributed by atoms with Crippen LogP contribution in [0.15, 0.2) is 24.3 Å². The van der Waals surface area contributed by atoms with Crippen LogP contribution in [0.3, 0.4) is 0 Å². The summed E-state index contributed by atoms with van der Waals surface area (Å²) in [4.78, 5) is 17.6. The highest BCUT2D eigenvalue weighted by Gasteiger charge is 2.24. The van der Waals surface area contributed by atoms with Crippen LogP contribution < -0.4 is 5.32 Å². The van der Waals surface area contributed by atoms with Gasteiger partial charge in [0.1, 0.15) is 10.8 Å². The Hall–Kier alpha value is -2.03. The normalized spacial score (nSPS) is 14.8. The number of benzene rings is 1. The fourth-order valence-corrected chi connectivity index (χ4v) is 4.59. The number of hydrogen-bond donors (Lipinski definition) is 1. The lowest BCUT2D eigenvalue weighted by atomic mass is 10.1. The van der Waals surface area contributed by atoms with Gasteiger partial charge in [-0.25, -0.2) is 9.18 Å². The molecule has 8 heteroatoms. The monoisotopic (exact) mass is 421 g/mol. The summed E-state index contributed by atoms with van der Waals surface area (Å²) >= 11 is 7.10. The molecule has 1 aliphatic heterocycles. The average molecular weight is 422 g/mol. The molecule has 1 N–H and O–H groups in total. The molecule has 0 radical (unpaired) electrons. The number of thiophene rings is 1. The number of piperazine rings is 1. The molecule has 2 aromatic rings. The van der Waals surface area contributed by atoms with Crippen LogP contribution in [-0.4, -0.2) is 54.2 Å².